The van der Waals surface area contributed by atoms with Crippen molar-refractivity contribution in [1.82, 2.24) is 9.80 Å². The van der Waals surface area contributed by atoms with Crippen LogP contribution in [0.15, 0.2) is 53.1 Å². The molecule has 1 amide bonds. The zero-order chi connectivity index (χ0) is 17.2. The zero-order valence-electron chi connectivity index (χ0n) is 14.4. The number of nitrogens with zero attached hydrogens (tertiary/aromatic N) is 2. The Kier molecular flexibility index (Phi) is 4.59. The van der Waals surface area contributed by atoms with Gasteiger partial charge in [-0.15, -0.1) is 0 Å². The number of rotatable bonds is 5. The average molecular weight is 339 g/mol. The monoisotopic (exact) mass is 339 g/mol. The number of amides is 1. The minimum atomic E-state index is 0.0250. The predicted molar refractivity (Wildman–Crippen MR) is 96.0 cm³/mol. The molecule has 5 nitrogen and oxygen atoms in total. The molecule has 3 heterocycles. The fourth-order valence-electron chi connectivity index (χ4n) is 4.18. The second-order valence-electron chi connectivity index (χ2n) is 7.27. The lowest BCUT2D eigenvalue weighted by molar-refractivity contribution is 0.0742. The third-order valence-electron chi connectivity index (χ3n) is 5.57. The summed E-state index contributed by atoms with van der Waals surface area (Å²) in [5, 5.41) is 0. The summed E-state index contributed by atoms with van der Waals surface area (Å²) in [5.74, 6) is 1.63. The Labute approximate surface area is 148 Å². The molecular weight excluding hydrogens is 314 g/mol. The Hall–Kier alpha value is -2.11. The minimum absolute atomic E-state index is 0.0250. The van der Waals surface area contributed by atoms with Crippen LogP contribution in [0.1, 0.15) is 28.6 Å². The third kappa shape index (κ3) is 3.48. The Bertz CT molecular complexity index is 687. The maximum Gasteiger partial charge on any atom is 0.289 e. The number of benzene rings is 1. The van der Waals surface area contributed by atoms with Crippen LogP contribution in [0.5, 0.6) is 0 Å². The van der Waals surface area contributed by atoms with Gasteiger partial charge in [0.15, 0.2) is 5.76 Å². The van der Waals surface area contributed by atoms with E-state index in [1.165, 1.54) is 5.56 Å². The van der Waals surface area contributed by atoms with Crippen molar-refractivity contribution in [3.8, 4) is 0 Å². The third-order valence-corrected chi connectivity index (χ3v) is 5.57. The van der Waals surface area contributed by atoms with Gasteiger partial charge in [0.25, 0.3) is 5.91 Å². The summed E-state index contributed by atoms with van der Waals surface area (Å²) in [5.41, 5.74) is 7.52. The normalized spacial score (nSPS) is 24.4. The summed E-state index contributed by atoms with van der Waals surface area (Å²) in [7, 11) is 0. The van der Waals surface area contributed by atoms with Gasteiger partial charge < -0.3 is 20.0 Å². The number of fused-ring (bicyclic) bond motifs is 1. The molecule has 132 valence electrons. The van der Waals surface area contributed by atoms with E-state index in [-0.39, 0.29) is 11.9 Å². The van der Waals surface area contributed by atoms with Gasteiger partial charge in [-0.05, 0) is 42.5 Å². The molecule has 2 saturated heterocycles. The van der Waals surface area contributed by atoms with Crippen LogP contribution in [-0.4, -0.2) is 48.4 Å². The van der Waals surface area contributed by atoms with E-state index in [4.69, 9.17) is 10.2 Å². The standard InChI is InChI=1S/C20H25N3O2/c21-18(15-5-2-1-3-6-15)8-9-22-11-16-13-23(14-17(16)12-22)20(24)19-7-4-10-25-19/h1-7,10,16-18H,8-9,11-14,21H2/t16?,17?,18-/m0/s1. The molecule has 2 aliphatic rings. The van der Waals surface area contributed by atoms with Gasteiger partial charge in [0, 0.05) is 32.2 Å². The highest BCUT2D eigenvalue weighted by Crippen LogP contribution is 2.32. The number of nitrogens with two attached hydrogens (primary N) is 1. The van der Waals surface area contributed by atoms with Crippen molar-refractivity contribution in [3.05, 3.63) is 60.1 Å². The van der Waals surface area contributed by atoms with Crippen molar-refractivity contribution in [2.75, 3.05) is 32.7 Å². The van der Waals surface area contributed by atoms with E-state index < -0.39 is 0 Å². The van der Waals surface area contributed by atoms with Crippen molar-refractivity contribution in [1.29, 1.82) is 0 Å². The maximum absolute atomic E-state index is 12.4. The fourth-order valence-corrected chi connectivity index (χ4v) is 4.18. The van der Waals surface area contributed by atoms with E-state index in [1.54, 1.807) is 18.4 Å². The van der Waals surface area contributed by atoms with Crippen molar-refractivity contribution in [3.63, 3.8) is 0 Å². The Balaban J connectivity index is 1.26. The molecule has 2 aliphatic heterocycles. The topological polar surface area (TPSA) is 62.7 Å². The van der Waals surface area contributed by atoms with Gasteiger partial charge in [-0.3, -0.25) is 4.79 Å². The van der Waals surface area contributed by atoms with Crippen LogP contribution >= 0.6 is 0 Å². The fraction of sp³-hybridized carbons (Fsp3) is 0.450. The lowest BCUT2D eigenvalue weighted by Gasteiger charge is -2.22. The molecule has 0 spiro atoms. The van der Waals surface area contributed by atoms with Crippen LogP contribution in [0, 0.1) is 11.8 Å². The molecule has 1 aromatic carbocycles. The largest absolute Gasteiger partial charge is 0.459 e. The molecule has 4 rings (SSSR count). The SMILES string of the molecule is N[C@@H](CCN1CC2CN(C(=O)c3ccco3)CC2C1)c1ccccc1. The van der Waals surface area contributed by atoms with Gasteiger partial charge in [0.05, 0.1) is 6.26 Å². The number of hydrogen-bond acceptors (Lipinski definition) is 4. The molecule has 25 heavy (non-hydrogen) atoms. The van der Waals surface area contributed by atoms with Crippen LogP contribution in [-0.2, 0) is 0 Å². The van der Waals surface area contributed by atoms with Crippen LogP contribution in [0.4, 0.5) is 0 Å². The van der Waals surface area contributed by atoms with E-state index in [1.807, 2.05) is 23.1 Å². The number of hydrogen-bond donors (Lipinski definition) is 1. The second-order valence-corrected chi connectivity index (χ2v) is 7.27. The summed E-state index contributed by atoms with van der Waals surface area (Å²) in [6.07, 6.45) is 2.53. The first-order valence-electron chi connectivity index (χ1n) is 9.06. The Morgan fingerprint density at radius 3 is 2.44 bits per heavy atom. The molecule has 0 aliphatic carbocycles. The Morgan fingerprint density at radius 2 is 1.80 bits per heavy atom. The van der Waals surface area contributed by atoms with Gasteiger partial charge in [0.2, 0.25) is 0 Å². The first-order chi connectivity index (χ1) is 12.2. The van der Waals surface area contributed by atoms with Gasteiger partial charge in [0.1, 0.15) is 0 Å². The highest BCUT2D eigenvalue weighted by atomic mass is 16.3. The molecule has 2 N–H and O–H groups in total. The van der Waals surface area contributed by atoms with Gasteiger partial charge in [-0.1, -0.05) is 30.3 Å². The van der Waals surface area contributed by atoms with E-state index in [2.05, 4.69) is 17.0 Å². The molecule has 0 saturated carbocycles. The number of carbonyl (C=O) groups excluding carboxylic acids is 1. The van der Waals surface area contributed by atoms with E-state index in [9.17, 15) is 4.79 Å². The molecule has 2 aromatic rings. The highest BCUT2D eigenvalue weighted by molar-refractivity contribution is 5.91. The predicted octanol–water partition coefficient (Wildman–Crippen LogP) is 2.37. The summed E-state index contributed by atoms with van der Waals surface area (Å²) < 4.78 is 5.24. The Morgan fingerprint density at radius 1 is 1.08 bits per heavy atom. The molecular formula is C20H25N3O2. The van der Waals surface area contributed by atoms with E-state index in [0.29, 0.717) is 17.6 Å². The number of carbonyl (C=O) groups is 1. The van der Waals surface area contributed by atoms with Gasteiger partial charge >= 0.3 is 0 Å². The van der Waals surface area contributed by atoms with Crippen molar-refractivity contribution >= 4 is 5.91 Å². The van der Waals surface area contributed by atoms with Crippen LogP contribution in [0.2, 0.25) is 0 Å². The molecule has 2 fully saturated rings. The lowest BCUT2D eigenvalue weighted by atomic mass is 10.0. The molecule has 1 aromatic heterocycles. The second kappa shape index (κ2) is 7.02. The summed E-state index contributed by atoms with van der Waals surface area (Å²) in [6.45, 7) is 4.83. The smallest absolute Gasteiger partial charge is 0.289 e. The molecule has 0 bridgehead atoms. The number of likely N-dealkylation sites (tertiary alicyclic amines) is 2. The van der Waals surface area contributed by atoms with Gasteiger partial charge in [-0.2, -0.15) is 0 Å². The van der Waals surface area contributed by atoms with Crippen molar-refractivity contribution < 1.29 is 9.21 Å². The molecule has 3 atom stereocenters. The number of furan rings is 1. The van der Waals surface area contributed by atoms with Gasteiger partial charge in [-0.25, -0.2) is 0 Å². The summed E-state index contributed by atoms with van der Waals surface area (Å²) in [6, 6.07) is 13.9. The first-order valence-corrected chi connectivity index (χ1v) is 9.06. The minimum Gasteiger partial charge on any atom is -0.459 e. The highest BCUT2D eigenvalue weighted by Gasteiger charge is 2.41. The quantitative estimate of drug-likeness (QED) is 0.908. The first kappa shape index (κ1) is 16.4. The van der Waals surface area contributed by atoms with Crippen molar-refractivity contribution in [2.24, 2.45) is 17.6 Å². The van der Waals surface area contributed by atoms with Crippen LogP contribution in [0.25, 0.3) is 0 Å². The average Bonchev–Trinajstić information content (AvgIpc) is 3.35. The van der Waals surface area contributed by atoms with Crippen molar-refractivity contribution in [2.45, 2.75) is 12.5 Å². The molecule has 0 radical (unpaired) electrons. The molecule has 2 unspecified atom stereocenters. The van der Waals surface area contributed by atoms with E-state index >= 15 is 0 Å². The molecule has 5 heteroatoms. The zero-order valence-corrected chi connectivity index (χ0v) is 14.4. The lowest BCUT2D eigenvalue weighted by Crippen LogP contribution is -2.34. The maximum atomic E-state index is 12.4. The van der Waals surface area contributed by atoms with Crippen LogP contribution in [0.3, 0.4) is 0 Å². The summed E-state index contributed by atoms with van der Waals surface area (Å²) in [4.78, 5) is 16.8. The van der Waals surface area contributed by atoms with Crippen LogP contribution < -0.4 is 5.73 Å². The van der Waals surface area contributed by atoms with E-state index in [0.717, 1.165) is 39.1 Å². The summed E-state index contributed by atoms with van der Waals surface area (Å²) >= 11 is 0.